The fourth-order valence-electron chi connectivity index (χ4n) is 1.35. The van der Waals surface area contributed by atoms with Gasteiger partial charge in [0.15, 0.2) is 0 Å². The lowest BCUT2D eigenvalue weighted by Gasteiger charge is -2.13. The summed E-state index contributed by atoms with van der Waals surface area (Å²) in [5.41, 5.74) is 1.58. The van der Waals surface area contributed by atoms with Crippen molar-refractivity contribution in [2.24, 2.45) is 7.05 Å². The van der Waals surface area contributed by atoms with E-state index in [1.165, 1.54) is 0 Å². The quantitative estimate of drug-likeness (QED) is 0.802. The lowest BCUT2D eigenvalue weighted by atomic mass is 9.92. The summed E-state index contributed by atoms with van der Waals surface area (Å²) in [6, 6.07) is 3.81. The van der Waals surface area contributed by atoms with Crippen molar-refractivity contribution in [1.29, 1.82) is 5.26 Å². The van der Waals surface area contributed by atoms with E-state index in [-0.39, 0.29) is 11.8 Å². The zero-order valence-corrected chi connectivity index (χ0v) is 9.65. The van der Waals surface area contributed by atoms with Gasteiger partial charge in [-0.15, -0.1) is 0 Å². The van der Waals surface area contributed by atoms with Crippen LogP contribution in [-0.2, 0) is 12.5 Å². The van der Waals surface area contributed by atoms with Crippen molar-refractivity contribution < 1.29 is 5.11 Å². The largest absolute Gasteiger partial charge is 0.386 e. The molecule has 15 heavy (non-hydrogen) atoms. The fourth-order valence-corrected chi connectivity index (χ4v) is 1.35. The molecule has 1 heterocycles. The van der Waals surface area contributed by atoms with Gasteiger partial charge in [-0.3, -0.25) is 4.68 Å². The van der Waals surface area contributed by atoms with Gasteiger partial charge in [-0.25, -0.2) is 0 Å². The van der Waals surface area contributed by atoms with E-state index < -0.39 is 6.10 Å². The first-order valence-corrected chi connectivity index (χ1v) is 4.95. The SMILES string of the molecule is Cn1nc(C(C)(C)C)cc1C(O)CC#N. The molecule has 1 aromatic heterocycles. The smallest absolute Gasteiger partial charge is 0.109 e. The second-order valence-electron chi connectivity index (χ2n) is 4.71. The molecule has 0 spiro atoms. The number of hydrogen-bond acceptors (Lipinski definition) is 3. The summed E-state index contributed by atoms with van der Waals surface area (Å²) >= 11 is 0. The summed E-state index contributed by atoms with van der Waals surface area (Å²) in [5.74, 6) is 0. The molecule has 0 amide bonds. The van der Waals surface area contributed by atoms with Gasteiger partial charge in [-0.2, -0.15) is 10.4 Å². The topological polar surface area (TPSA) is 61.8 Å². The van der Waals surface area contributed by atoms with Crippen molar-refractivity contribution in [1.82, 2.24) is 9.78 Å². The number of nitriles is 1. The van der Waals surface area contributed by atoms with E-state index in [4.69, 9.17) is 5.26 Å². The normalized spacial score (nSPS) is 13.6. The predicted octanol–water partition coefficient (Wildman–Crippen LogP) is 1.66. The Labute approximate surface area is 90.1 Å². The zero-order chi connectivity index (χ0) is 11.6. The minimum Gasteiger partial charge on any atom is -0.386 e. The van der Waals surface area contributed by atoms with Crippen LogP contribution in [0.5, 0.6) is 0 Å². The fraction of sp³-hybridized carbons (Fsp3) is 0.636. The predicted molar refractivity (Wildman–Crippen MR) is 57.1 cm³/mol. The standard InChI is InChI=1S/C11H17N3O/c1-11(2,3)10-7-8(14(4)13-10)9(15)5-6-12/h7,9,15H,5H2,1-4H3. The third-order valence-corrected chi connectivity index (χ3v) is 2.31. The lowest BCUT2D eigenvalue weighted by Crippen LogP contribution is -2.12. The summed E-state index contributed by atoms with van der Waals surface area (Å²) < 4.78 is 1.64. The van der Waals surface area contributed by atoms with Crippen LogP contribution in [0.1, 0.15) is 44.7 Å². The average Bonchev–Trinajstić information content (AvgIpc) is 2.47. The van der Waals surface area contributed by atoms with E-state index in [2.05, 4.69) is 25.9 Å². The average molecular weight is 207 g/mol. The highest BCUT2D eigenvalue weighted by Crippen LogP contribution is 2.24. The molecule has 0 bridgehead atoms. The van der Waals surface area contributed by atoms with E-state index >= 15 is 0 Å². The van der Waals surface area contributed by atoms with E-state index in [0.29, 0.717) is 5.69 Å². The van der Waals surface area contributed by atoms with E-state index in [1.54, 1.807) is 11.7 Å². The zero-order valence-electron chi connectivity index (χ0n) is 9.65. The Bertz CT molecular complexity index is 382. The van der Waals surface area contributed by atoms with Crippen LogP contribution in [-0.4, -0.2) is 14.9 Å². The molecule has 0 fully saturated rings. The van der Waals surface area contributed by atoms with Crippen molar-refractivity contribution >= 4 is 0 Å². The monoisotopic (exact) mass is 207 g/mol. The van der Waals surface area contributed by atoms with Crippen LogP contribution >= 0.6 is 0 Å². The van der Waals surface area contributed by atoms with Crippen molar-refractivity contribution in [2.45, 2.75) is 38.7 Å². The lowest BCUT2D eigenvalue weighted by molar-refractivity contribution is 0.173. The Balaban J connectivity index is 3.02. The summed E-state index contributed by atoms with van der Waals surface area (Å²) in [5, 5.41) is 22.5. The Morgan fingerprint density at radius 1 is 1.60 bits per heavy atom. The van der Waals surface area contributed by atoms with E-state index in [9.17, 15) is 5.11 Å². The number of aliphatic hydroxyl groups is 1. The number of aliphatic hydroxyl groups excluding tert-OH is 1. The maximum absolute atomic E-state index is 9.70. The minimum atomic E-state index is -0.747. The van der Waals surface area contributed by atoms with Gasteiger partial charge in [0.1, 0.15) is 6.10 Å². The molecule has 4 heteroatoms. The second-order valence-corrected chi connectivity index (χ2v) is 4.71. The number of aryl methyl sites for hydroxylation is 1. The minimum absolute atomic E-state index is 0.0393. The molecule has 4 nitrogen and oxygen atoms in total. The van der Waals surface area contributed by atoms with Crippen molar-refractivity contribution in [3.8, 4) is 6.07 Å². The van der Waals surface area contributed by atoms with Crippen molar-refractivity contribution in [3.05, 3.63) is 17.5 Å². The van der Waals surface area contributed by atoms with Gasteiger partial charge in [-0.1, -0.05) is 20.8 Å². The van der Waals surface area contributed by atoms with Gasteiger partial charge < -0.3 is 5.11 Å². The van der Waals surface area contributed by atoms with Crippen LogP contribution in [0.3, 0.4) is 0 Å². The Hall–Kier alpha value is -1.34. The number of nitrogens with zero attached hydrogens (tertiary/aromatic N) is 3. The van der Waals surface area contributed by atoms with Crippen LogP contribution in [0.4, 0.5) is 0 Å². The first-order valence-electron chi connectivity index (χ1n) is 4.95. The van der Waals surface area contributed by atoms with Crippen LogP contribution in [0.2, 0.25) is 0 Å². The van der Waals surface area contributed by atoms with E-state index in [0.717, 1.165) is 5.69 Å². The van der Waals surface area contributed by atoms with Gasteiger partial charge >= 0.3 is 0 Å². The highest BCUT2D eigenvalue weighted by atomic mass is 16.3. The maximum atomic E-state index is 9.70. The highest BCUT2D eigenvalue weighted by molar-refractivity contribution is 5.19. The van der Waals surface area contributed by atoms with Crippen molar-refractivity contribution in [2.75, 3.05) is 0 Å². The first kappa shape index (κ1) is 11.7. The van der Waals surface area contributed by atoms with Gasteiger partial charge in [0.2, 0.25) is 0 Å². The summed E-state index contributed by atoms with van der Waals surface area (Å²) in [7, 11) is 1.78. The van der Waals surface area contributed by atoms with Gasteiger partial charge in [-0.05, 0) is 6.07 Å². The summed E-state index contributed by atoms with van der Waals surface area (Å²) in [6.07, 6.45) is -0.646. The third kappa shape index (κ3) is 2.57. The van der Waals surface area contributed by atoms with Crippen LogP contribution in [0, 0.1) is 11.3 Å². The highest BCUT2D eigenvalue weighted by Gasteiger charge is 2.21. The van der Waals surface area contributed by atoms with Crippen LogP contribution in [0.25, 0.3) is 0 Å². The number of rotatable bonds is 2. The molecule has 0 radical (unpaired) electrons. The molecule has 1 unspecified atom stereocenters. The molecule has 1 aromatic rings. The molecule has 1 atom stereocenters. The molecule has 1 N–H and O–H groups in total. The molecule has 0 aliphatic heterocycles. The second kappa shape index (κ2) is 4.03. The number of aromatic nitrogens is 2. The molecule has 0 saturated carbocycles. The molecule has 0 aliphatic carbocycles. The molecule has 0 aliphatic rings. The van der Waals surface area contributed by atoms with Gasteiger partial charge in [0.05, 0.1) is 23.9 Å². The van der Waals surface area contributed by atoms with Crippen LogP contribution < -0.4 is 0 Å². The van der Waals surface area contributed by atoms with E-state index in [1.807, 2.05) is 12.1 Å². The summed E-state index contributed by atoms with van der Waals surface area (Å²) in [4.78, 5) is 0. The summed E-state index contributed by atoms with van der Waals surface area (Å²) in [6.45, 7) is 6.20. The maximum Gasteiger partial charge on any atom is 0.109 e. The molecule has 0 saturated heterocycles. The Morgan fingerprint density at radius 3 is 2.60 bits per heavy atom. The van der Waals surface area contributed by atoms with Gasteiger partial charge in [0, 0.05) is 12.5 Å². The molecule has 82 valence electrons. The molecular weight excluding hydrogens is 190 g/mol. The Kier molecular flexibility index (Phi) is 3.15. The molecule has 1 rings (SSSR count). The Morgan fingerprint density at radius 2 is 2.20 bits per heavy atom. The third-order valence-electron chi connectivity index (χ3n) is 2.31. The van der Waals surface area contributed by atoms with Crippen LogP contribution in [0.15, 0.2) is 6.07 Å². The van der Waals surface area contributed by atoms with Gasteiger partial charge in [0.25, 0.3) is 0 Å². The van der Waals surface area contributed by atoms with Crippen molar-refractivity contribution in [3.63, 3.8) is 0 Å². The number of hydrogen-bond donors (Lipinski definition) is 1. The first-order chi connectivity index (χ1) is 6.86. The molecular formula is C11H17N3O. The molecule has 0 aromatic carbocycles.